The molecule has 0 saturated heterocycles. The number of ether oxygens (including phenoxy) is 1. The number of nitrogens with two attached hydrogens (primary N) is 1. The predicted molar refractivity (Wildman–Crippen MR) is 50.3 cm³/mol. The maximum atomic E-state index is 12.5. The summed E-state index contributed by atoms with van der Waals surface area (Å²) in [5.74, 6) is -0.112. The first-order chi connectivity index (χ1) is 7.52. The highest BCUT2D eigenvalue weighted by Gasteiger charge is 2.28. The van der Waals surface area contributed by atoms with Crippen LogP contribution in [0.15, 0.2) is 6.20 Å². The van der Waals surface area contributed by atoms with E-state index in [9.17, 15) is 18.9 Å². The standard InChI is InChI=1S/C8H9F2N3O3/c1-16-8-4(2-11)6(13(14)15)5(3-12-8)7(9)10/h3,7H,2,11H2,1H3. The van der Waals surface area contributed by atoms with Gasteiger partial charge in [0.05, 0.1) is 12.0 Å². The van der Waals surface area contributed by atoms with E-state index in [-0.39, 0.29) is 18.0 Å². The lowest BCUT2D eigenvalue weighted by Gasteiger charge is -2.09. The lowest BCUT2D eigenvalue weighted by Crippen LogP contribution is -2.09. The van der Waals surface area contributed by atoms with Gasteiger partial charge in [-0.3, -0.25) is 10.1 Å². The Morgan fingerprint density at radius 2 is 2.31 bits per heavy atom. The molecule has 8 heteroatoms. The quantitative estimate of drug-likeness (QED) is 0.626. The number of nitrogens with zero attached hydrogens (tertiary/aromatic N) is 2. The third-order valence-corrected chi connectivity index (χ3v) is 1.95. The van der Waals surface area contributed by atoms with E-state index >= 15 is 0 Å². The van der Waals surface area contributed by atoms with Gasteiger partial charge in [-0.25, -0.2) is 13.8 Å². The largest absolute Gasteiger partial charge is 0.481 e. The SMILES string of the molecule is COc1ncc(C(F)F)c([N+](=O)[O-])c1CN. The number of nitro groups is 1. The Kier molecular flexibility index (Phi) is 3.67. The number of alkyl halides is 2. The highest BCUT2D eigenvalue weighted by Crippen LogP contribution is 2.34. The van der Waals surface area contributed by atoms with Gasteiger partial charge in [0.1, 0.15) is 11.1 Å². The van der Waals surface area contributed by atoms with Crippen LogP contribution in [0.2, 0.25) is 0 Å². The van der Waals surface area contributed by atoms with Crippen molar-refractivity contribution in [1.29, 1.82) is 0 Å². The third-order valence-electron chi connectivity index (χ3n) is 1.95. The molecular weight excluding hydrogens is 224 g/mol. The summed E-state index contributed by atoms with van der Waals surface area (Å²) in [7, 11) is 1.23. The molecule has 0 fully saturated rings. The Labute approximate surface area is 89.2 Å². The Morgan fingerprint density at radius 1 is 1.69 bits per heavy atom. The van der Waals surface area contributed by atoms with Crippen LogP contribution in [0.1, 0.15) is 17.6 Å². The van der Waals surface area contributed by atoms with Gasteiger partial charge in [-0.1, -0.05) is 0 Å². The maximum absolute atomic E-state index is 12.5. The molecule has 88 valence electrons. The minimum absolute atomic E-state index is 0.112. The van der Waals surface area contributed by atoms with Crippen molar-refractivity contribution in [3.05, 3.63) is 27.4 Å². The van der Waals surface area contributed by atoms with E-state index < -0.39 is 22.6 Å². The zero-order valence-electron chi connectivity index (χ0n) is 8.31. The maximum Gasteiger partial charge on any atom is 0.289 e. The lowest BCUT2D eigenvalue weighted by atomic mass is 10.1. The summed E-state index contributed by atoms with van der Waals surface area (Å²) in [5.41, 5.74) is 3.64. The van der Waals surface area contributed by atoms with Gasteiger partial charge in [0, 0.05) is 12.7 Å². The van der Waals surface area contributed by atoms with E-state index in [1.807, 2.05) is 0 Å². The van der Waals surface area contributed by atoms with Crippen LogP contribution in [-0.2, 0) is 6.54 Å². The number of hydrogen-bond donors (Lipinski definition) is 1. The Balaban J connectivity index is 3.50. The average molecular weight is 233 g/mol. The number of rotatable bonds is 4. The molecule has 0 unspecified atom stereocenters. The van der Waals surface area contributed by atoms with Gasteiger partial charge in [-0.05, 0) is 0 Å². The van der Waals surface area contributed by atoms with Crippen LogP contribution in [0.25, 0.3) is 0 Å². The van der Waals surface area contributed by atoms with Crippen LogP contribution < -0.4 is 10.5 Å². The summed E-state index contributed by atoms with van der Waals surface area (Å²) < 4.78 is 29.7. The monoisotopic (exact) mass is 233 g/mol. The number of halogens is 2. The second kappa shape index (κ2) is 4.79. The van der Waals surface area contributed by atoms with Crippen LogP contribution in [0.3, 0.4) is 0 Å². The first-order valence-corrected chi connectivity index (χ1v) is 4.21. The molecule has 0 aliphatic heterocycles. The van der Waals surface area contributed by atoms with Gasteiger partial charge in [0.15, 0.2) is 0 Å². The van der Waals surface area contributed by atoms with Crippen molar-refractivity contribution in [3.8, 4) is 5.88 Å². The molecule has 0 amide bonds. The highest BCUT2D eigenvalue weighted by atomic mass is 19.3. The fraction of sp³-hybridized carbons (Fsp3) is 0.375. The molecule has 0 aliphatic carbocycles. The summed E-state index contributed by atoms with van der Waals surface area (Å²) in [4.78, 5) is 13.3. The van der Waals surface area contributed by atoms with E-state index in [2.05, 4.69) is 4.98 Å². The second-order valence-corrected chi connectivity index (χ2v) is 2.81. The number of hydrogen-bond acceptors (Lipinski definition) is 5. The smallest absolute Gasteiger partial charge is 0.289 e. The van der Waals surface area contributed by atoms with Crippen molar-refractivity contribution in [3.63, 3.8) is 0 Å². The van der Waals surface area contributed by atoms with E-state index in [1.165, 1.54) is 7.11 Å². The molecule has 0 spiro atoms. The van der Waals surface area contributed by atoms with Crippen LogP contribution in [-0.4, -0.2) is 17.0 Å². The molecule has 0 radical (unpaired) electrons. The first-order valence-electron chi connectivity index (χ1n) is 4.21. The molecule has 0 aromatic carbocycles. The summed E-state index contributed by atoms with van der Waals surface area (Å²) in [6, 6.07) is 0. The summed E-state index contributed by atoms with van der Waals surface area (Å²) in [6.07, 6.45) is -2.26. The Hall–Kier alpha value is -1.83. The van der Waals surface area contributed by atoms with E-state index in [4.69, 9.17) is 10.5 Å². The molecule has 0 saturated carbocycles. The summed E-state index contributed by atoms with van der Waals surface area (Å²) >= 11 is 0. The van der Waals surface area contributed by atoms with Crippen molar-refractivity contribution >= 4 is 5.69 Å². The zero-order valence-corrected chi connectivity index (χ0v) is 8.31. The van der Waals surface area contributed by atoms with Crippen molar-refractivity contribution in [2.24, 2.45) is 5.73 Å². The van der Waals surface area contributed by atoms with Crippen LogP contribution >= 0.6 is 0 Å². The van der Waals surface area contributed by atoms with Crippen molar-refractivity contribution in [1.82, 2.24) is 4.98 Å². The van der Waals surface area contributed by atoms with E-state index in [0.29, 0.717) is 0 Å². The molecule has 1 aromatic heterocycles. The minimum atomic E-state index is -2.98. The van der Waals surface area contributed by atoms with Gasteiger partial charge in [-0.2, -0.15) is 0 Å². The molecule has 6 nitrogen and oxygen atoms in total. The molecule has 16 heavy (non-hydrogen) atoms. The van der Waals surface area contributed by atoms with Gasteiger partial charge in [-0.15, -0.1) is 0 Å². The van der Waals surface area contributed by atoms with Crippen molar-refractivity contribution < 1.29 is 18.4 Å². The second-order valence-electron chi connectivity index (χ2n) is 2.81. The van der Waals surface area contributed by atoms with Crippen molar-refractivity contribution in [2.75, 3.05) is 7.11 Å². The molecule has 2 N–H and O–H groups in total. The number of pyridine rings is 1. The highest BCUT2D eigenvalue weighted by molar-refractivity contribution is 5.51. The predicted octanol–water partition coefficient (Wildman–Crippen LogP) is 1.39. The molecule has 1 aromatic rings. The van der Waals surface area contributed by atoms with Gasteiger partial charge >= 0.3 is 0 Å². The molecule has 0 bridgehead atoms. The number of methoxy groups -OCH3 is 1. The average Bonchev–Trinajstić information content (AvgIpc) is 2.26. The first kappa shape index (κ1) is 12.2. The Morgan fingerprint density at radius 3 is 2.69 bits per heavy atom. The number of aromatic nitrogens is 1. The fourth-order valence-corrected chi connectivity index (χ4v) is 1.28. The molecular formula is C8H9F2N3O3. The van der Waals surface area contributed by atoms with Gasteiger partial charge in [0.2, 0.25) is 5.88 Å². The zero-order chi connectivity index (χ0) is 12.3. The Bertz CT molecular complexity index is 412. The normalized spacial score (nSPS) is 10.6. The van der Waals surface area contributed by atoms with Crippen LogP contribution in [0, 0.1) is 10.1 Å². The van der Waals surface area contributed by atoms with Crippen LogP contribution in [0.4, 0.5) is 14.5 Å². The fourth-order valence-electron chi connectivity index (χ4n) is 1.28. The topological polar surface area (TPSA) is 91.3 Å². The molecule has 1 heterocycles. The third kappa shape index (κ3) is 2.06. The van der Waals surface area contributed by atoms with E-state index in [1.54, 1.807) is 0 Å². The summed E-state index contributed by atoms with van der Waals surface area (Å²) in [5, 5.41) is 10.7. The van der Waals surface area contributed by atoms with Gasteiger partial charge in [0.25, 0.3) is 12.1 Å². The van der Waals surface area contributed by atoms with Crippen LogP contribution in [0.5, 0.6) is 5.88 Å². The molecule has 1 rings (SSSR count). The minimum Gasteiger partial charge on any atom is -0.481 e. The van der Waals surface area contributed by atoms with Gasteiger partial charge < -0.3 is 10.5 Å². The molecule has 0 atom stereocenters. The van der Waals surface area contributed by atoms with Crippen molar-refractivity contribution in [2.45, 2.75) is 13.0 Å². The summed E-state index contributed by atoms with van der Waals surface area (Å²) in [6.45, 7) is -0.299. The lowest BCUT2D eigenvalue weighted by molar-refractivity contribution is -0.387. The molecule has 0 aliphatic rings. The van der Waals surface area contributed by atoms with E-state index in [0.717, 1.165) is 6.20 Å².